The minimum atomic E-state index is 0.680. The summed E-state index contributed by atoms with van der Waals surface area (Å²) < 4.78 is 0. The molecule has 0 saturated carbocycles. The van der Waals surface area contributed by atoms with E-state index < -0.39 is 0 Å². The largest absolute Gasteiger partial charge is 0.369 e. The van der Waals surface area contributed by atoms with Gasteiger partial charge in [0, 0.05) is 24.5 Å². The number of rotatable bonds is 5. The van der Waals surface area contributed by atoms with Gasteiger partial charge in [0.15, 0.2) is 5.82 Å². The molecule has 0 spiro atoms. The highest BCUT2D eigenvalue weighted by molar-refractivity contribution is 5.71. The lowest BCUT2D eigenvalue weighted by atomic mass is 10.0. The Morgan fingerprint density at radius 3 is 2.37 bits per heavy atom. The topological polar surface area (TPSA) is 37.8 Å². The number of hydrogen-bond acceptors (Lipinski definition) is 3. The van der Waals surface area contributed by atoms with Crippen molar-refractivity contribution in [3.63, 3.8) is 0 Å². The Bertz CT molecular complexity index is 518. The van der Waals surface area contributed by atoms with Crippen LogP contribution in [0.25, 0.3) is 11.3 Å². The molecule has 2 rings (SSSR count). The molecular weight excluding hydrogens is 234 g/mol. The van der Waals surface area contributed by atoms with E-state index in [1.54, 1.807) is 12.4 Å². The van der Waals surface area contributed by atoms with Gasteiger partial charge in [0.05, 0.1) is 0 Å². The van der Waals surface area contributed by atoms with Crippen LogP contribution in [0.15, 0.2) is 36.7 Å². The minimum absolute atomic E-state index is 0.680. The molecule has 0 aliphatic heterocycles. The molecule has 3 nitrogen and oxygen atoms in total. The second kappa shape index (κ2) is 6.32. The van der Waals surface area contributed by atoms with Crippen LogP contribution in [0.1, 0.15) is 26.3 Å². The Morgan fingerprint density at radius 2 is 1.74 bits per heavy atom. The van der Waals surface area contributed by atoms with Crippen LogP contribution in [0.2, 0.25) is 0 Å². The summed E-state index contributed by atoms with van der Waals surface area (Å²) in [6.45, 7) is 7.38. The van der Waals surface area contributed by atoms with E-state index in [9.17, 15) is 0 Å². The average molecular weight is 255 g/mol. The SMILES string of the molecule is CCNc1nccnc1-c1ccc(CC(C)C)cc1. The van der Waals surface area contributed by atoms with Crippen molar-refractivity contribution in [2.24, 2.45) is 5.92 Å². The molecule has 1 N–H and O–H groups in total. The molecule has 1 heterocycles. The van der Waals surface area contributed by atoms with Gasteiger partial charge in [-0.15, -0.1) is 0 Å². The van der Waals surface area contributed by atoms with Crippen molar-refractivity contribution in [3.05, 3.63) is 42.2 Å². The van der Waals surface area contributed by atoms with Gasteiger partial charge < -0.3 is 5.32 Å². The van der Waals surface area contributed by atoms with E-state index in [0.717, 1.165) is 30.0 Å². The molecule has 0 atom stereocenters. The van der Waals surface area contributed by atoms with Crippen LogP contribution in [0, 0.1) is 5.92 Å². The summed E-state index contributed by atoms with van der Waals surface area (Å²) in [5, 5.41) is 3.25. The van der Waals surface area contributed by atoms with Crippen LogP contribution in [-0.4, -0.2) is 16.5 Å². The van der Waals surface area contributed by atoms with Crippen LogP contribution >= 0.6 is 0 Å². The van der Waals surface area contributed by atoms with E-state index in [0.29, 0.717) is 5.92 Å². The molecule has 2 aromatic rings. The Morgan fingerprint density at radius 1 is 1.05 bits per heavy atom. The van der Waals surface area contributed by atoms with Crippen LogP contribution < -0.4 is 5.32 Å². The molecule has 0 aliphatic carbocycles. The molecule has 1 aromatic heterocycles. The Hall–Kier alpha value is -1.90. The highest BCUT2D eigenvalue weighted by atomic mass is 15.0. The van der Waals surface area contributed by atoms with E-state index in [-0.39, 0.29) is 0 Å². The van der Waals surface area contributed by atoms with Crippen molar-refractivity contribution in [1.29, 1.82) is 0 Å². The first-order valence-corrected chi connectivity index (χ1v) is 6.85. The van der Waals surface area contributed by atoms with Crippen molar-refractivity contribution in [3.8, 4) is 11.3 Å². The van der Waals surface area contributed by atoms with Crippen molar-refractivity contribution >= 4 is 5.82 Å². The van der Waals surface area contributed by atoms with E-state index in [4.69, 9.17) is 0 Å². The fourth-order valence-electron chi connectivity index (χ4n) is 2.12. The molecule has 19 heavy (non-hydrogen) atoms. The smallest absolute Gasteiger partial charge is 0.152 e. The van der Waals surface area contributed by atoms with Crippen LogP contribution in [0.3, 0.4) is 0 Å². The summed E-state index contributed by atoms with van der Waals surface area (Å²) in [6, 6.07) is 8.62. The predicted molar refractivity (Wildman–Crippen MR) is 80.2 cm³/mol. The zero-order chi connectivity index (χ0) is 13.7. The fraction of sp³-hybridized carbons (Fsp3) is 0.375. The Kier molecular flexibility index (Phi) is 4.50. The second-order valence-electron chi connectivity index (χ2n) is 5.08. The summed E-state index contributed by atoms with van der Waals surface area (Å²) in [5.41, 5.74) is 3.39. The monoisotopic (exact) mass is 255 g/mol. The molecule has 3 heteroatoms. The number of aromatic nitrogens is 2. The lowest BCUT2D eigenvalue weighted by molar-refractivity contribution is 0.647. The lowest BCUT2D eigenvalue weighted by Crippen LogP contribution is -2.02. The van der Waals surface area contributed by atoms with E-state index >= 15 is 0 Å². The summed E-state index contributed by atoms with van der Waals surface area (Å²) >= 11 is 0. The molecule has 0 unspecified atom stereocenters. The number of nitrogens with one attached hydrogen (secondary N) is 1. The summed E-state index contributed by atoms with van der Waals surface area (Å²) in [7, 11) is 0. The lowest BCUT2D eigenvalue weighted by Gasteiger charge is -2.09. The maximum absolute atomic E-state index is 4.43. The van der Waals surface area contributed by atoms with Gasteiger partial charge in [0.25, 0.3) is 0 Å². The van der Waals surface area contributed by atoms with Gasteiger partial charge in [-0.25, -0.2) is 4.98 Å². The number of anilines is 1. The quantitative estimate of drug-likeness (QED) is 0.883. The molecular formula is C16H21N3. The molecule has 100 valence electrons. The van der Waals surface area contributed by atoms with Gasteiger partial charge >= 0.3 is 0 Å². The van der Waals surface area contributed by atoms with Gasteiger partial charge in [0.1, 0.15) is 5.69 Å². The molecule has 0 bridgehead atoms. The van der Waals surface area contributed by atoms with Crippen LogP contribution in [0.5, 0.6) is 0 Å². The second-order valence-corrected chi connectivity index (χ2v) is 5.08. The van der Waals surface area contributed by atoms with Gasteiger partial charge in [0.2, 0.25) is 0 Å². The first-order chi connectivity index (χ1) is 9.20. The molecule has 1 aromatic carbocycles. The van der Waals surface area contributed by atoms with E-state index in [1.165, 1.54) is 5.56 Å². The van der Waals surface area contributed by atoms with E-state index in [2.05, 4.69) is 60.3 Å². The summed E-state index contributed by atoms with van der Waals surface area (Å²) in [6.07, 6.45) is 4.56. The molecule has 0 amide bonds. The summed E-state index contributed by atoms with van der Waals surface area (Å²) in [4.78, 5) is 8.78. The van der Waals surface area contributed by atoms with Gasteiger partial charge in [-0.05, 0) is 24.8 Å². The average Bonchev–Trinajstić information content (AvgIpc) is 2.40. The highest BCUT2D eigenvalue weighted by Crippen LogP contribution is 2.24. The van der Waals surface area contributed by atoms with E-state index in [1.807, 2.05) is 0 Å². The normalized spacial score (nSPS) is 10.7. The molecule has 0 fully saturated rings. The van der Waals surface area contributed by atoms with Crippen molar-refractivity contribution in [2.75, 3.05) is 11.9 Å². The third-order valence-corrected chi connectivity index (χ3v) is 2.91. The number of nitrogens with zero attached hydrogens (tertiary/aromatic N) is 2. The standard InChI is InChI=1S/C16H21N3/c1-4-17-16-15(18-9-10-19-16)14-7-5-13(6-8-14)11-12(2)3/h5-10,12H,4,11H2,1-3H3,(H,17,19). The van der Waals surface area contributed by atoms with Gasteiger partial charge in [-0.3, -0.25) is 4.98 Å². The van der Waals surface area contributed by atoms with Crippen LogP contribution in [0.4, 0.5) is 5.82 Å². The highest BCUT2D eigenvalue weighted by Gasteiger charge is 2.07. The van der Waals surface area contributed by atoms with Crippen LogP contribution in [-0.2, 0) is 6.42 Å². The molecule has 0 aliphatic rings. The fourth-order valence-corrected chi connectivity index (χ4v) is 2.12. The molecule has 0 radical (unpaired) electrons. The zero-order valence-electron chi connectivity index (χ0n) is 11.9. The maximum atomic E-state index is 4.43. The predicted octanol–water partition coefficient (Wildman–Crippen LogP) is 3.77. The first-order valence-electron chi connectivity index (χ1n) is 6.85. The van der Waals surface area contributed by atoms with Crippen molar-refractivity contribution < 1.29 is 0 Å². The third kappa shape index (κ3) is 3.53. The Balaban J connectivity index is 2.27. The van der Waals surface area contributed by atoms with Crippen molar-refractivity contribution in [2.45, 2.75) is 27.2 Å². The minimum Gasteiger partial charge on any atom is -0.369 e. The first kappa shape index (κ1) is 13.5. The third-order valence-electron chi connectivity index (χ3n) is 2.91. The van der Waals surface area contributed by atoms with Crippen molar-refractivity contribution in [1.82, 2.24) is 9.97 Å². The Labute approximate surface area is 115 Å². The van der Waals surface area contributed by atoms with Gasteiger partial charge in [-0.2, -0.15) is 0 Å². The summed E-state index contributed by atoms with van der Waals surface area (Å²) in [5.74, 6) is 1.53. The molecule has 0 saturated heterocycles. The zero-order valence-corrected chi connectivity index (χ0v) is 11.9. The van der Waals surface area contributed by atoms with Gasteiger partial charge in [-0.1, -0.05) is 38.1 Å². The number of hydrogen-bond donors (Lipinski definition) is 1. The maximum Gasteiger partial charge on any atom is 0.152 e. The number of benzene rings is 1.